The average molecular weight is 486 g/mol. The molecule has 0 aliphatic rings. The molecule has 0 aliphatic heterocycles. The van der Waals surface area contributed by atoms with Gasteiger partial charge in [-0.2, -0.15) is 0 Å². The minimum absolute atomic E-state index is 0.0845. The van der Waals surface area contributed by atoms with Crippen LogP contribution in [0.1, 0.15) is 70.2 Å². The largest absolute Gasteiger partial charge is 0.464 e. The molecule has 2 heterocycles. The molecule has 0 radical (unpaired) electrons. The van der Waals surface area contributed by atoms with E-state index in [1.165, 1.54) is 7.11 Å². The van der Waals surface area contributed by atoms with Crippen molar-refractivity contribution in [3.63, 3.8) is 0 Å². The number of carbonyl (C=O) groups is 3. The number of nitrogens with zero attached hydrogens (tertiary/aromatic N) is 2. The maximum atomic E-state index is 12.6. The van der Waals surface area contributed by atoms with Crippen molar-refractivity contribution in [2.75, 3.05) is 13.7 Å². The minimum atomic E-state index is -1.04. The number of methoxy groups -OCH3 is 1. The van der Waals surface area contributed by atoms with Crippen LogP contribution >= 0.6 is 0 Å². The van der Waals surface area contributed by atoms with E-state index < -0.39 is 36.7 Å². The summed E-state index contributed by atoms with van der Waals surface area (Å²) in [6.07, 6.45) is 2.74. The zero-order valence-corrected chi connectivity index (χ0v) is 19.2. The highest BCUT2D eigenvalue weighted by atomic mass is 16.5. The lowest BCUT2D eigenvalue weighted by Crippen LogP contribution is -2.32. The number of oxazole rings is 2. The topological polar surface area (TPSA) is 166 Å². The first-order chi connectivity index (χ1) is 16.9. The number of ether oxygens (including phenoxy) is 2. The van der Waals surface area contributed by atoms with Gasteiger partial charge in [-0.15, -0.1) is 0 Å². The van der Waals surface area contributed by atoms with Gasteiger partial charge in [0.1, 0.15) is 31.2 Å². The predicted octanol–water partition coefficient (Wildman–Crippen LogP) is 2.68. The Morgan fingerprint density at radius 2 is 1.66 bits per heavy atom. The molecule has 35 heavy (non-hydrogen) atoms. The molecular formula is C23H26N4O8. The Morgan fingerprint density at radius 3 is 2.31 bits per heavy atom. The maximum Gasteiger partial charge on any atom is 0.408 e. The number of amides is 2. The highest BCUT2D eigenvalue weighted by Gasteiger charge is 2.26. The Morgan fingerprint density at radius 1 is 1.00 bits per heavy atom. The van der Waals surface area contributed by atoms with Gasteiger partial charge in [0.2, 0.25) is 11.8 Å². The Labute approximate surface area is 200 Å². The molecule has 3 rings (SSSR count). The fourth-order valence-electron chi connectivity index (χ4n) is 3.07. The summed E-state index contributed by atoms with van der Waals surface area (Å²) in [5, 5.41) is 14.8. The fourth-order valence-corrected chi connectivity index (χ4v) is 3.07. The molecule has 0 saturated carbocycles. The van der Waals surface area contributed by atoms with E-state index >= 15 is 0 Å². The first-order valence-electron chi connectivity index (χ1n) is 10.8. The van der Waals surface area contributed by atoms with E-state index in [-0.39, 0.29) is 29.8 Å². The van der Waals surface area contributed by atoms with Gasteiger partial charge in [0.25, 0.3) is 5.91 Å². The zero-order chi connectivity index (χ0) is 25.2. The van der Waals surface area contributed by atoms with Crippen LogP contribution in [0.5, 0.6) is 0 Å². The van der Waals surface area contributed by atoms with Gasteiger partial charge in [0, 0.05) is 0 Å². The molecule has 12 heteroatoms. The van der Waals surface area contributed by atoms with Crippen LogP contribution in [0.3, 0.4) is 0 Å². The second kappa shape index (κ2) is 12.3. The van der Waals surface area contributed by atoms with E-state index in [0.717, 1.165) is 18.1 Å². The highest BCUT2D eigenvalue weighted by Crippen LogP contribution is 2.20. The highest BCUT2D eigenvalue weighted by molar-refractivity contribution is 5.92. The van der Waals surface area contributed by atoms with E-state index in [1.807, 2.05) is 37.3 Å². The first-order valence-corrected chi connectivity index (χ1v) is 10.8. The minimum Gasteiger partial charge on any atom is -0.464 e. The summed E-state index contributed by atoms with van der Waals surface area (Å²) < 4.78 is 20.4. The second-order valence-corrected chi connectivity index (χ2v) is 7.39. The SMILES string of the molecule is CCCC(NC(=O)OCc1ccccc1)c1nc(C(=O)NC(CO)c2nc(C(=O)OC)co2)co1. The first kappa shape index (κ1) is 25.4. The van der Waals surface area contributed by atoms with Crippen molar-refractivity contribution in [1.82, 2.24) is 20.6 Å². The summed E-state index contributed by atoms with van der Waals surface area (Å²) >= 11 is 0. The van der Waals surface area contributed by atoms with Gasteiger partial charge in [-0.3, -0.25) is 4.79 Å². The second-order valence-electron chi connectivity index (χ2n) is 7.39. The van der Waals surface area contributed by atoms with Crippen LogP contribution in [0.25, 0.3) is 0 Å². The predicted molar refractivity (Wildman–Crippen MR) is 119 cm³/mol. The van der Waals surface area contributed by atoms with Crippen molar-refractivity contribution in [1.29, 1.82) is 0 Å². The smallest absolute Gasteiger partial charge is 0.408 e. The van der Waals surface area contributed by atoms with Gasteiger partial charge in [-0.05, 0) is 12.0 Å². The van der Waals surface area contributed by atoms with Crippen LogP contribution in [-0.2, 0) is 16.1 Å². The number of nitrogens with one attached hydrogen (secondary N) is 2. The number of esters is 1. The summed E-state index contributed by atoms with van der Waals surface area (Å²) in [7, 11) is 1.19. The lowest BCUT2D eigenvalue weighted by Gasteiger charge is -2.15. The molecule has 3 N–H and O–H groups in total. The lowest BCUT2D eigenvalue weighted by atomic mass is 10.1. The van der Waals surface area contributed by atoms with Gasteiger partial charge < -0.3 is 34.0 Å². The number of carbonyl (C=O) groups excluding carboxylic acids is 3. The van der Waals surface area contributed by atoms with Crippen molar-refractivity contribution in [2.24, 2.45) is 0 Å². The molecule has 2 atom stereocenters. The number of rotatable bonds is 11. The number of alkyl carbamates (subject to hydrolysis) is 1. The van der Waals surface area contributed by atoms with Crippen molar-refractivity contribution < 1.29 is 37.8 Å². The monoisotopic (exact) mass is 486 g/mol. The maximum absolute atomic E-state index is 12.6. The van der Waals surface area contributed by atoms with Crippen LogP contribution in [0.2, 0.25) is 0 Å². The average Bonchev–Trinajstić information content (AvgIpc) is 3.56. The van der Waals surface area contributed by atoms with E-state index in [2.05, 4.69) is 25.3 Å². The van der Waals surface area contributed by atoms with Crippen molar-refractivity contribution in [3.05, 3.63) is 71.6 Å². The Kier molecular flexibility index (Phi) is 8.95. The number of hydrogen-bond acceptors (Lipinski definition) is 10. The summed E-state index contributed by atoms with van der Waals surface area (Å²) in [5.74, 6) is -1.37. The number of aliphatic hydroxyl groups excluding tert-OH is 1. The normalized spacial score (nSPS) is 12.4. The van der Waals surface area contributed by atoms with E-state index in [0.29, 0.717) is 12.8 Å². The molecular weight excluding hydrogens is 460 g/mol. The van der Waals surface area contributed by atoms with Gasteiger partial charge in [0.15, 0.2) is 11.4 Å². The zero-order valence-electron chi connectivity index (χ0n) is 19.2. The molecule has 186 valence electrons. The summed E-state index contributed by atoms with van der Waals surface area (Å²) in [6.45, 7) is 1.47. The third kappa shape index (κ3) is 6.90. The third-order valence-electron chi connectivity index (χ3n) is 4.84. The standard InChI is InChI=1S/C23H26N4O8/c1-3-7-15(27-23(31)35-11-14-8-5-4-6-9-14)20-25-17(12-33-20)19(29)24-16(10-28)21-26-18(13-34-21)22(30)32-2/h4-6,8-9,12-13,15-16,28H,3,7,10-11H2,1-2H3,(H,24,29)(H,27,31). The van der Waals surface area contributed by atoms with E-state index in [4.69, 9.17) is 13.6 Å². The van der Waals surface area contributed by atoms with Crippen LogP contribution in [0, 0.1) is 0 Å². The Balaban J connectivity index is 1.62. The lowest BCUT2D eigenvalue weighted by molar-refractivity contribution is 0.0593. The van der Waals surface area contributed by atoms with Crippen LogP contribution in [-0.4, -0.2) is 46.8 Å². The summed E-state index contributed by atoms with van der Waals surface area (Å²) in [4.78, 5) is 44.5. The van der Waals surface area contributed by atoms with Crippen molar-refractivity contribution >= 4 is 18.0 Å². The van der Waals surface area contributed by atoms with Crippen molar-refractivity contribution in [2.45, 2.75) is 38.5 Å². The van der Waals surface area contributed by atoms with E-state index in [9.17, 15) is 19.5 Å². The third-order valence-corrected chi connectivity index (χ3v) is 4.84. The Hall–Kier alpha value is -4.19. The van der Waals surface area contributed by atoms with Gasteiger partial charge in [0.05, 0.1) is 13.7 Å². The van der Waals surface area contributed by atoms with Crippen LogP contribution < -0.4 is 10.6 Å². The summed E-state index contributed by atoms with van der Waals surface area (Å²) in [6, 6.07) is 7.57. The molecule has 2 amide bonds. The summed E-state index contributed by atoms with van der Waals surface area (Å²) in [5.41, 5.74) is 0.651. The molecule has 0 fully saturated rings. The van der Waals surface area contributed by atoms with Gasteiger partial charge in [-0.25, -0.2) is 19.6 Å². The van der Waals surface area contributed by atoms with E-state index in [1.54, 1.807) is 0 Å². The molecule has 0 spiro atoms. The molecule has 2 unspecified atom stereocenters. The number of benzene rings is 1. The molecule has 3 aromatic rings. The molecule has 0 saturated heterocycles. The molecule has 12 nitrogen and oxygen atoms in total. The molecule has 1 aromatic carbocycles. The van der Waals surface area contributed by atoms with Crippen LogP contribution in [0.4, 0.5) is 4.79 Å². The number of aliphatic hydroxyl groups is 1. The van der Waals surface area contributed by atoms with Gasteiger partial charge in [-0.1, -0.05) is 43.7 Å². The number of aromatic nitrogens is 2. The van der Waals surface area contributed by atoms with Gasteiger partial charge >= 0.3 is 12.1 Å². The molecule has 0 aliphatic carbocycles. The molecule has 0 bridgehead atoms. The van der Waals surface area contributed by atoms with Crippen molar-refractivity contribution in [3.8, 4) is 0 Å². The van der Waals surface area contributed by atoms with Crippen LogP contribution in [0.15, 0.2) is 51.7 Å². The molecule has 2 aromatic heterocycles. The number of hydrogen-bond donors (Lipinski definition) is 3. The fraction of sp³-hybridized carbons (Fsp3) is 0.348. The quantitative estimate of drug-likeness (QED) is 0.343. The Bertz CT molecular complexity index is 1130.